The Morgan fingerprint density at radius 2 is 1.51 bits per heavy atom. The summed E-state index contributed by atoms with van der Waals surface area (Å²) in [7, 11) is -2.58. The van der Waals surface area contributed by atoms with Gasteiger partial charge in [-0.2, -0.15) is 20.2 Å². The molecule has 198 valence electrons. The monoisotopic (exact) mass is 543 g/mol. The van der Waals surface area contributed by atoms with Crippen LogP contribution in [0.15, 0.2) is 84.9 Å². The number of rotatable bonds is 14. The number of ether oxygens (including phenoxy) is 2. The molecule has 0 spiro atoms. The van der Waals surface area contributed by atoms with E-state index in [1.54, 1.807) is 18.9 Å². The highest BCUT2D eigenvalue weighted by atomic mass is 32.2. The van der Waals surface area contributed by atoms with Crippen LogP contribution in [0.4, 0.5) is 4.79 Å². The predicted molar refractivity (Wildman–Crippen MR) is 147 cm³/mol. The molecule has 0 unspecified atom stereocenters. The van der Waals surface area contributed by atoms with Crippen molar-refractivity contribution in [1.29, 1.82) is 0 Å². The minimum absolute atomic E-state index is 0.0638. The number of nitrogens with one attached hydrogen (secondary N) is 1. The Bertz CT molecular complexity index is 1190. The largest absolute Gasteiger partial charge is 0.497 e. The minimum Gasteiger partial charge on any atom is -0.497 e. The Kier molecular flexibility index (Phi) is 11.3. The lowest BCUT2D eigenvalue weighted by molar-refractivity contribution is 0.135. The second-order valence-corrected chi connectivity index (χ2v) is 11.4. The van der Waals surface area contributed by atoms with Gasteiger partial charge in [-0.1, -0.05) is 72.8 Å². The van der Waals surface area contributed by atoms with Crippen LogP contribution in [-0.2, 0) is 33.6 Å². The second kappa shape index (κ2) is 14.7. The summed E-state index contributed by atoms with van der Waals surface area (Å²) in [4.78, 5) is 12.7. The molecule has 3 aromatic carbocycles. The predicted octanol–water partition coefficient (Wildman–Crippen LogP) is 5.50. The molecule has 0 bridgehead atoms. The fraction of sp³-hybridized carbons (Fsp3) is 0.321. The van der Waals surface area contributed by atoms with Gasteiger partial charge in [0.1, 0.15) is 12.4 Å². The van der Waals surface area contributed by atoms with Crippen molar-refractivity contribution in [3.05, 3.63) is 102 Å². The van der Waals surface area contributed by atoms with Crippen molar-refractivity contribution in [2.24, 2.45) is 0 Å². The minimum atomic E-state index is -4.20. The summed E-state index contributed by atoms with van der Waals surface area (Å²) in [5.74, 6) is 0.969. The van der Waals surface area contributed by atoms with Crippen molar-refractivity contribution in [2.45, 2.75) is 42.9 Å². The molecule has 2 atom stereocenters. The number of carbonyl (C=O) groups excluding carboxylic acids is 1. The Balaban J connectivity index is 1.73. The van der Waals surface area contributed by atoms with E-state index in [9.17, 15) is 17.8 Å². The highest BCUT2D eigenvalue weighted by molar-refractivity contribution is 7.99. The van der Waals surface area contributed by atoms with E-state index in [2.05, 4.69) is 5.32 Å². The van der Waals surface area contributed by atoms with Crippen LogP contribution in [0.1, 0.15) is 29.5 Å². The molecule has 7 nitrogen and oxygen atoms in total. The van der Waals surface area contributed by atoms with Crippen molar-refractivity contribution in [3.8, 4) is 5.75 Å². The molecule has 1 amide bonds. The summed E-state index contributed by atoms with van der Waals surface area (Å²) < 4.78 is 43.2. The van der Waals surface area contributed by atoms with E-state index in [0.29, 0.717) is 12.2 Å². The fourth-order valence-electron chi connectivity index (χ4n) is 3.82. The van der Waals surface area contributed by atoms with Crippen molar-refractivity contribution >= 4 is 28.0 Å². The molecule has 0 saturated carbocycles. The third-order valence-corrected chi connectivity index (χ3v) is 8.08. The quantitative estimate of drug-likeness (QED) is 0.259. The van der Waals surface area contributed by atoms with E-state index >= 15 is 0 Å². The number of carbonyl (C=O) groups is 1. The molecule has 0 fully saturated rings. The van der Waals surface area contributed by atoms with E-state index in [1.807, 2.05) is 84.9 Å². The molecule has 0 aromatic heterocycles. The topological polar surface area (TPSA) is 102 Å². The van der Waals surface area contributed by atoms with Crippen LogP contribution in [0.2, 0.25) is 0 Å². The van der Waals surface area contributed by atoms with E-state index in [-0.39, 0.29) is 18.3 Å². The van der Waals surface area contributed by atoms with Crippen LogP contribution in [-0.4, -0.2) is 43.2 Å². The molecule has 3 rings (SSSR count). The molecule has 2 N–H and O–H groups in total. The smallest absolute Gasteiger partial charge is 0.407 e. The summed E-state index contributed by atoms with van der Waals surface area (Å²) in [6.07, 6.45) is 0.886. The number of benzene rings is 3. The van der Waals surface area contributed by atoms with Crippen molar-refractivity contribution in [2.75, 3.05) is 12.9 Å². The molecular weight excluding hydrogens is 510 g/mol. The maximum absolute atomic E-state index is 12.7. The van der Waals surface area contributed by atoms with Crippen LogP contribution in [0.25, 0.3) is 0 Å². The fourth-order valence-corrected chi connectivity index (χ4v) is 5.69. The van der Waals surface area contributed by atoms with Crippen LogP contribution < -0.4 is 10.1 Å². The van der Waals surface area contributed by atoms with Gasteiger partial charge < -0.3 is 14.8 Å². The Labute approximate surface area is 223 Å². The molecule has 0 saturated heterocycles. The number of hydrogen-bond donors (Lipinski definition) is 2. The van der Waals surface area contributed by atoms with Gasteiger partial charge in [0.25, 0.3) is 10.1 Å². The lowest BCUT2D eigenvalue weighted by Gasteiger charge is -2.27. The third kappa shape index (κ3) is 10.9. The van der Waals surface area contributed by atoms with E-state index in [1.165, 1.54) is 0 Å². The Morgan fingerprint density at radius 1 is 0.892 bits per heavy atom. The summed E-state index contributed by atoms with van der Waals surface area (Å²) in [5, 5.41) is 2.74. The first kappa shape index (κ1) is 28.6. The Hall–Kier alpha value is -3.01. The summed E-state index contributed by atoms with van der Waals surface area (Å²) in [6.45, 7) is 0.103. The van der Waals surface area contributed by atoms with E-state index in [0.717, 1.165) is 28.9 Å². The number of thioether (sulfide) groups is 1. The number of aryl methyl sites for hydroxylation is 1. The third-order valence-electron chi connectivity index (χ3n) is 5.84. The highest BCUT2D eigenvalue weighted by Crippen LogP contribution is 2.27. The van der Waals surface area contributed by atoms with Gasteiger partial charge in [-0.05, 0) is 48.1 Å². The van der Waals surface area contributed by atoms with Crippen LogP contribution >= 0.6 is 11.8 Å². The van der Waals surface area contributed by atoms with E-state index < -0.39 is 28.0 Å². The van der Waals surface area contributed by atoms with E-state index in [4.69, 9.17) is 9.47 Å². The average Bonchev–Trinajstić information content (AvgIpc) is 2.91. The summed E-state index contributed by atoms with van der Waals surface area (Å²) >= 11 is 1.63. The van der Waals surface area contributed by atoms with Crippen molar-refractivity contribution in [1.82, 2.24) is 5.32 Å². The molecule has 3 aromatic rings. The molecule has 0 aliphatic carbocycles. The highest BCUT2D eigenvalue weighted by Gasteiger charge is 2.26. The first-order chi connectivity index (χ1) is 17.8. The van der Waals surface area contributed by atoms with Gasteiger partial charge in [0, 0.05) is 17.0 Å². The summed E-state index contributed by atoms with van der Waals surface area (Å²) in [6, 6.07) is 26.5. The van der Waals surface area contributed by atoms with Gasteiger partial charge in [-0.25, -0.2) is 4.79 Å². The normalized spacial score (nSPS) is 12.9. The second-order valence-electron chi connectivity index (χ2n) is 8.61. The van der Waals surface area contributed by atoms with Crippen molar-refractivity contribution in [3.63, 3.8) is 0 Å². The standard InChI is InChI=1S/C28H33NO6S2/c1-34-25-15-12-24(13-16-25)21-36-27(17-14-22-8-4-2-5-9-22)26(18-19-37(31,32)33)29-28(30)35-20-23-10-6-3-7-11-23/h2-13,15-16,26-27H,14,17-21H2,1H3,(H,29,30)(H,31,32,33)/t26-,27-/m0/s1. The number of amides is 1. The number of alkyl carbamates (subject to hydrolysis) is 1. The molecule has 0 heterocycles. The van der Waals surface area contributed by atoms with Gasteiger partial charge in [0.2, 0.25) is 0 Å². The number of methoxy groups -OCH3 is 1. The maximum atomic E-state index is 12.7. The van der Waals surface area contributed by atoms with Crippen LogP contribution in [0, 0.1) is 0 Å². The van der Waals surface area contributed by atoms with Gasteiger partial charge in [0.15, 0.2) is 0 Å². The summed E-state index contributed by atoms with van der Waals surface area (Å²) in [5.41, 5.74) is 3.08. The molecule has 0 aliphatic rings. The lowest BCUT2D eigenvalue weighted by atomic mass is 10.0. The zero-order valence-corrected chi connectivity index (χ0v) is 22.4. The van der Waals surface area contributed by atoms with Crippen LogP contribution in [0.5, 0.6) is 5.75 Å². The lowest BCUT2D eigenvalue weighted by Crippen LogP contribution is -2.43. The molecule has 37 heavy (non-hydrogen) atoms. The van der Waals surface area contributed by atoms with Gasteiger partial charge in [0.05, 0.1) is 12.9 Å². The molecule has 9 heteroatoms. The SMILES string of the molecule is COc1ccc(CS[C@@H](CCc2ccccc2)[C@H](CCS(=O)(=O)O)NC(=O)OCc2ccccc2)cc1. The van der Waals surface area contributed by atoms with Crippen LogP contribution in [0.3, 0.4) is 0 Å². The molecule has 0 radical (unpaired) electrons. The van der Waals surface area contributed by atoms with Gasteiger partial charge in [-0.3, -0.25) is 4.55 Å². The molecular formula is C28H33NO6S2. The zero-order chi connectivity index (χ0) is 26.5. The first-order valence-corrected chi connectivity index (χ1v) is 14.7. The Morgan fingerprint density at radius 3 is 2.11 bits per heavy atom. The number of hydrogen-bond acceptors (Lipinski definition) is 6. The first-order valence-electron chi connectivity index (χ1n) is 12.0. The molecule has 0 aliphatic heterocycles. The van der Waals surface area contributed by atoms with Gasteiger partial charge >= 0.3 is 6.09 Å². The zero-order valence-electron chi connectivity index (χ0n) is 20.8. The maximum Gasteiger partial charge on any atom is 0.407 e. The van der Waals surface area contributed by atoms with Gasteiger partial charge in [-0.15, -0.1) is 0 Å². The van der Waals surface area contributed by atoms with Crippen molar-refractivity contribution < 1.29 is 27.2 Å². The average molecular weight is 544 g/mol.